The molecule has 311 valence electrons. The van der Waals surface area contributed by atoms with Crippen LogP contribution < -0.4 is 0 Å². The molecule has 4 aromatic heterocycles. The number of ketones is 1. The maximum Gasteiger partial charge on any atom is 0.162 e. The van der Waals surface area contributed by atoms with Crippen molar-refractivity contribution in [2.24, 2.45) is 28.1 Å². The number of carbonyl (C=O) groups excluding carboxylic acids is 1. The van der Waals surface area contributed by atoms with E-state index in [-0.39, 0.29) is 59.7 Å². The normalized spacial score (nSPS) is 13.1. The summed E-state index contributed by atoms with van der Waals surface area (Å²) in [5.74, 6) is 0.547. The van der Waals surface area contributed by atoms with Crippen molar-refractivity contribution in [2.45, 2.75) is 135 Å². The smallest absolute Gasteiger partial charge is 0.162 e. The van der Waals surface area contributed by atoms with Crippen molar-refractivity contribution in [2.75, 3.05) is 0 Å². The number of hydrogen-bond donors (Lipinski definition) is 1. The van der Waals surface area contributed by atoms with Crippen LogP contribution in [0.15, 0.2) is 72.6 Å². The van der Waals surface area contributed by atoms with Gasteiger partial charge in [0.15, 0.2) is 5.78 Å². The van der Waals surface area contributed by atoms with Gasteiger partial charge in [0.1, 0.15) is 0 Å². The minimum absolute atomic E-state index is 0. The molecular formula is C53H67IrN2O2-. The Morgan fingerprint density at radius 1 is 0.690 bits per heavy atom. The minimum Gasteiger partial charge on any atom is -0.512 e. The number of benzene rings is 3. The zero-order valence-electron chi connectivity index (χ0n) is 37.5. The number of pyridine rings is 3. The van der Waals surface area contributed by atoms with Gasteiger partial charge in [-0.05, 0) is 95.4 Å². The molecule has 0 aliphatic rings. The number of aromatic nitrogens is 2. The molecule has 0 atom stereocenters. The first-order valence-corrected chi connectivity index (χ1v) is 21.6. The van der Waals surface area contributed by atoms with Crippen LogP contribution in [0.4, 0.5) is 0 Å². The van der Waals surface area contributed by atoms with E-state index in [1.807, 2.05) is 33.9 Å². The summed E-state index contributed by atoms with van der Waals surface area (Å²) in [6.45, 7) is 29.4. The average molecular weight is 956 g/mol. The van der Waals surface area contributed by atoms with E-state index in [4.69, 9.17) is 4.98 Å². The Balaban J connectivity index is 0.000000344. The van der Waals surface area contributed by atoms with Gasteiger partial charge in [-0.3, -0.25) is 9.78 Å². The third-order valence-corrected chi connectivity index (χ3v) is 11.7. The van der Waals surface area contributed by atoms with E-state index in [1.165, 1.54) is 66.2 Å². The van der Waals surface area contributed by atoms with Crippen LogP contribution in [0.1, 0.15) is 132 Å². The van der Waals surface area contributed by atoms with Gasteiger partial charge in [0.2, 0.25) is 0 Å². The van der Waals surface area contributed by atoms with Crippen LogP contribution in [0.5, 0.6) is 0 Å². The molecule has 0 bridgehead atoms. The second-order valence-corrected chi connectivity index (χ2v) is 20.3. The second-order valence-electron chi connectivity index (χ2n) is 20.3. The van der Waals surface area contributed by atoms with Crippen LogP contribution in [0.2, 0.25) is 0 Å². The summed E-state index contributed by atoms with van der Waals surface area (Å²) in [6, 6.07) is 24.4. The number of nitrogens with zero attached hydrogens (tertiary/aromatic N) is 2. The summed E-state index contributed by atoms with van der Waals surface area (Å²) in [4.78, 5) is 16.8. The van der Waals surface area contributed by atoms with Crippen LogP contribution in [0, 0.1) is 34.1 Å². The van der Waals surface area contributed by atoms with E-state index in [0.29, 0.717) is 0 Å². The van der Waals surface area contributed by atoms with E-state index in [2.05, 4.69) is 127 Å². The number of carbonyl (C=O) groups is 1. The molecule has 0 fully saturated rings. The van der Waals surface area contributed by atoms with Gasteiger partial charge in [-0.15, -0.1) is 23.6 Å². The zero-order valence-corrected chi connectivity index (χ0v) is 39.9. The molecule has 5 heteroatoms. The Labute approximate surface area is 361 Å². The van der Waals surface area contributed by atoms with Crippen molar-refractivity contribution in [1.82, 2.24) is 9.38 Å². The molecular weight excluding hydrogens is 889 g/mol. The van der Waals surface area contributed by atoms with Crippen LogP contribution in [0.3, 0.4) is 0 Å². The molecule has 4 heterocycles. The Hall–Kier alpha value is -3.79. The molecule has 0 spiro atoms. The maximum absolute atomic E-state index is 11.7. The molecule has 0 saturated heterocycles. The van der Waals surface area contributed by atoms with Crippen molar-refractivity contribution >= 4 is 65.6 Å². The third-order valence-electron chi connectivity index (χ3n) is 11.7. The van der Waals surface area contributed by atoms with Crippen LogP contribution in [0.25, 0.3) is 59.8 Å². The number of aliphatic hydroxyl groups excluding tert-OH is 1. The first kappa shape index (κ1) is 45.3. The molecule has 1 N–H and O–H groups in total. The van der Waals surface area contributed by atoms with E-state index in [0.717, 1.165) is 61.2 Å². The van der Waals surface area contributed by atoms with E-state index >= 15 is 0 Å². The Morgan fingerprint density at radius 3 is 1.83 bits per heavy atom. The Bertz CT molecular complexity index is 2580. The Morgan fingerprint density at radius 2 is 1.26 bits per heavy atom. The molecule has 1 radical (unpaired) electrons. The summed E-state index contributed by atoms with van der Waals surface area (Å²) in [6.07, 6.45) is 9.99. The molecule has 0 amide bonds. The second kappa shape index (κ2) is 17.4. The van der Waals surface area contributed by atoms with Gasteiger partial charge in [0.05, 0.1) is 11.3 Å². The molecule has 7 rings (SSSR count). The standard InChI is InChI=1S/C40H43N2.C13H24O2.Ir/c1-38(2,3)21-24-14-15-27-28-16-17-41-34-29-19-25-12-10-11-13-26(25)20-31(29)36-33(23-40(7,8)9)32(22-39(4,5)6)35(30(27)18-24)42(36)37(28)34;1-5-10(6-2)12(14)9-13(15)11(7-3)8-4;/h10-18,20H,21-23H2,1-9H3;9-11,14H,5-8H2,1-4H3;/q-1;;/b;12-9-;. The van der Waals surface area contributed by atoms with E-state index in [1.54, 1.807) is 0 Å². The predicted octanol–water partition coefficient (Wildman–Crippen LogP) is 15.0. The maximum atomic E-state index is 11.7. The largest absolute Gasteiger partial charge is 0.512 e. The van der Waals surface area contributed by atoms with Crippen molar-refractivity contribution in [3.8, 4) is 0 Å². The summed E-state index contributed by atoms with van der Waals surface area (Å²) in [5, 5.41) is 18.5. The summed E-state index contributed by atoms with van der Waals surface area (Å²) in [7, 11) is 0. The van der Waals surface area contributed by atoms with Crippen molar-refractivity contribution in [3.63, 3.8) is 0 Å². The fourth-order valence-electron chi connectivity index (χ4n) is 9.04. The fraction of sp³-hybridized carbons (Fsp3) is 0.472. The number of aliphatic hydroxyl groups is 1. The zero-order chi connectivity index (χ0) is 41.6. The van der Waals surface area contributed by atoms with Crippen molar-refractivity contribution < 1.29 is 30.0 Å². The number of allylic oxidation sites excluding steroid dienone is 2. The Kier molecular flexibility index (Phi) is 13.6. The van der Waals surface area contributed by atoms with Crippen LogP contribution in [-0.4, -0.2) is 20.3 Å². The van der Waals surface area contributed by atoms with Gasteiger partial charge >= 0.3 is 0 Å². The molecule has 4 nitrogen and oxygen atoms in total. The summed E-state index contributed by atoms with van der Waals surface area (Å²) in [5.41, 5.74) is 9.91. The number of rotatable bonds is 10. The van der Waals surface area contributed by atoms with Gasteiger partial charge in [-0.2, -0.15) is 0 Å². The van der Waals surface area contributed by atoms with Gasteiger partial charge in [0.25, 0.3) is 0 Å². The molecule has 7 aromatic rings. The fourth-order valence-corrected chi connectivity index (χ4v) is 9.04. The number of fused-ring (bicyclic) bond motifs is 7. The molecule has 3 aromatic carbocycles. The third kappa shape index (κ3) is 9.32. The SMILES string of the molecule is CC(C)(C)Cc1ccc2c(c1)c1c(CC(C)(C)C)c(CC(C)(C)C)c3c4cc5ccccc5[c-]c4c4nccc2c4n31.CCC(CC)C(=O)/C=C(\O)C(CC)CC.[Ir]. The van der Waals surface area contributed by atoms with E-state index < -0.39 is 0 Å². The quantitative estimate of drug-likeness (QED) is 0.0489. The first-order valence-electron chi connectivity index (χ1n) is 21.6. The molecule has 0 saturated carbocycles. The van der Waals surface area contributed by atoms with Crippen molar-refractivity contribution in [3.05, 3.63) is 95.4 Å². The van der Waals surface area contributed by atoms with Gasteiger partial charge in [-0.25, -0.2) is 0 Å². The van der Waals surface area contributed by atoms with Gasteiger partial charge in [0, 0.05) is 71.5 Å². The van der Waals surface area contributed by atoms with Gasteiger partial charge < -0.3 is 9.51 Å². The van der Waals surface area contributed by atoms with E-state index in [9.17, 15) is 9.90 Å². The van der Waals surface area contributed by atoms with Crippen molar-refractivity contribution in [1.29, 1.82) is 0 Å². The molecule has 0 aliphatic carbocycles. The average Bonchev–Trinajstić information content (AvgIpc) is 3.42. The molecule has 0 aliphatic heterocycles. The van der Waals surface area contributed by atoms with Gasteiger partial charge in [-0.1, -0.05) is 136 Å². The van der Waals surface area contributed by atoms with Crippen LogP contribution >= 0.6 is 0 Å². The monoisotopic (exact) mass is 956 g/mol. The predicted molar refractivity (Wildman–Crippen MR) is 246 cm³/mol. The summed E-state index contributed by atoms with van der Waals surface area (Å²) >= 11 is 0. The minimum atomic E-state index is 0. The molecule has 58 heavy (non-hydrogen) atoms. The topological polar surface area (TPSA) is 54.6 Å². The molecule has 0 unspecified atom stereocenters. The summed E-state index contributed by atoms with van der Waals surface area (Å²) < 4.78 is 2.62. The van der Waals surface area contributed by atoms with Crippen LogP contribution in [-0.2, 0) is 44.2 Å². The number of hydrogen-bond acceptors (Lipinski definition) is 3. The first-order chi connectivity index (χ1) is 26.8.